The molecule has 0 aromatic carbocycles. The molecule has 0 aliphatic carbocycles. The van der Waals surface area contributed by atoms with Crippen LogP contribution in [0.3, 0.4) is 0 Å². The van der Waals surface area contributed by atoms with Crippen LogP contribution >= 0.6 is 0 Å². The molecule has 338 valence electrons. The smallest absolute Gasteiger partial charge is 0.485 e. The molecule has 0 saturated heterocycles. The minimum atomic E-state index is -6.09. The topological polar surface area (TPSA) is 207 Å². The minimum Gasteiger partial charge on any atom is -0.741 e. The molecule has 0 atom stereocenters. The average molecular weight is 920 g/mol. The van der Waals surface area contributed by atoms with Crippen LogP contribution in [0.4, 0.5) is 39.5 Å². The summed E-state index contributed by atoms with van der Waals surface area (Å²) in [6.07, 6.45) is 25.2. The first-order valence-electron chi connectivity index (χ1n) is 16.0. The summed E-state index contributed by atoms with van der Waals surface area (Å²) in [5.41, 5.74) is -16.9. The SMILES string of the molecule is CCCCn1cc[n+](C)c1.CCn1cc[n+](C)c1.CCn1cc[n+](C)c1.Cc1n(C)cc[n+]1C.O=S(=O)([O-])C(F)(F)F.O=S(=O)([O-])C(F)(F)F.O=S(=O)([O-])C(F)(F)F. The summed E-state index contributed by atoms with van der Waals surface area (Å²) in [7, 11) is -8.11. The highest BCUT2D eigenvalue weighted by atomic mass is 32.2. The molecule has 0 aliphatic heterocycles. The molecule has 0 saturated carbocycles. The van der Waals surface area contributed by atoms with E-state index in [0.717, 1.165) is 19.6 Å². The number of aryl methyl sites for hydroxylation is 8. The highest BCUT2D eigenvalue weighted by molar-refractivity contribution is 7.87. The Bertz CT molecular complexity index is 1910. The fraction of sp³-hybridized carbons (Fsp3) is 0.586. The van der Waals surface area contributed by atoms with Crippen molar-refractivity contribution in [2.75, 3.05) is 0 Å². The molecule has 4 aromatic rings. The van der Waals surface area contributed by atoms with Gasteiger partial charge in [-0.15, -0.1) is 0 Å². The molecule has 4 heterocycles. The second-order valence-corrected chi connectivity index (χ2v) is 15.4. The Balaban J connectivity index is -0.000000610. The van der Waals surface area contributed by atoms with E-state index in [-0.39, 0.29) is 0 Å². The lowest BCUT2D eigenvalue weighted by Crippen LogP contribution is -2.29. The summed E-state index contributed by atoms with van der Waals surface area (Å²) in [5, 5.41) is 0. The van der Waals surface area contributed by atoms with Crippen LogP contribution in [-0.4, -0.2) is 73.7 Å². The zero-order chi connectivity index (χ0) is 46.5. The number of hydrogen-bond donors (Lipinski definition) is 0. The Morgan fingerprint density at radius 2 is 0.828 bits per heavy atom. The lowest BCUT2D eigenvalue weighted by Gasteiger charge is -2.08. The molecule has 17 nitrogen and oxygen atoms in total. The van der Waals surface area contributed by atoms with Crippen LogP contribution in [0.15, 0.2) is 68.6 Å². The molecule has 4 aromatic heterocycles. The van der Waals surface area contributed by atoms with Crippen molar-refractivity contribution in [2.24, 2.45) is 35.2 Å². The molecule has 0 spiro atoms. The second-order valence-electron chi connectivity index (χ2n) is 11.3. The van der Waals surface area contributed by atoms with E-state index in [1.165, 1.54) is 18.7 Å². The molecule has 0 bridgehead atoms. The molecule has 0 fully saturated rings. The van der Waals surface area contributed by atoms with Gasteiger partial charge in [0.25, 0.3) is 5.82 Å². The third-order valence-corrected chi connectivity index (χ3v) is 8.06. The molecule has 0 aliphatic rings. The molecule has 4 rings (SSSR count). The van der Waals surface area contributed by atoms with E-state index in [2.05, 4.69) is 98.9 Å². The molecule has 0 unspecified atom stereocenters. The van der Waals surface area contributed by atoms with Gasteiger partial charge in [0, 0.05) is 6.92 Å². The summed E-state index contributed by atoms with van der Waals surface area (Å²) in [6, 6.07) is 0. The van der Waals surface area contributed by atoms with Crippen molar-refractivity contribution in [1.29, 1.82) is 0 Å². The van der Waals surface area contributed by atoms with Gasteiger partial charge in [0.1, 0.15) is 49.6 Å². The Kier molecular flexibility index (Phi) is 25.5. The zero-order valence-electron chi connectivity index (χ0n) is 32.8. The fourth-order valence-corrected chi connectivity index (χ4v) is 3.02. The second kappa shape index (κ2) is 25.4. The lowest BCUT2D eigenvalue weighted by molar-refractivity contribution is -0.677. The van der Waals surface area contributed by atoms with Crippen LogP contribution in [0.2, 0.25) is 0 Å². The largest absolute Gasteiger partial charge is 0.741 e. The molecule has 0 N–H and O–H groups in total. The van der Waals surface area contributed by atoms with Gasteiger partial charge in [-0.25, -0.2) is 61.8 Å². The van der Waals surface area contributed by atoms with Gasteiger partial charge >= 0.3 is 16.5 Å². The fourth-order valence-electron chi connectivity index (χ4n) is 3.02. The van der Waals surface area contributed by atoms with E-state index in [9.17, 15) is 39.5 Å². The highest BCUT2D eigenvalue weighted by Crippen LogP contribution is 2.21. The quantitative estimate of drug-likeness (QED) is 0.124. The maximum atomic E-state index is 10.7. The van der Waals surface area contributed by atoms with Crippen molar-refractivity contribution in [3.05, 3.63) is 74.4 Å². The minimum absolute atomic E-state index is 1.06. The number of nitrogens with zero attached hydrogens (tertiary/aromatic N) is 8. The van der Waals surface area contributed by atoms with E-state index in [0.29, 0.717) is 0 Å². The summed E-state index contributed by atoms with van der Waals surface area (Å²) < 4.78 is 193. The molecule has 29 heteroatoms. The van der Waals surface area contributed by atoms with E-state index < -0.39 is 46.9 Å². The van der Waals surface area contributed by atoms with Gasteiger partial charge in [-0.1, -0.05) is 13.3 Å². The van der Waals surface area contributed by atoms with Crippen LogP contribution in [0.25, 0.3) is 0 Å². The van der Waals surface area contributed by atoms with Crippen LogP contribution < -0.4 is 18.3 Å². The number of aromatic nitrogens is 8. The normalized spacial score (nSPS) is 11.6. The number of rotatable bonds is 5. The van der Waals surface area contributed by atoms with Gasteiger partial charge in [0.2, 0.25) is 19.0 Å². The predicted octanol–water partition coefficient (Wildman–Crippen LogP) is 2.09. The molecular weight excluding hydrogens is 872 g/mol. The van der Waals surface area contributed by atoms with E-state index in [4.69, 9.17) is 38.9 Å². The van der Waals surface area contributed by atoms with Gasteiger partial charge < -0.3 is 13.7 Å². The zero-order valence-corrected chi connectivity index (χ0v) is 35.2. The highest BCUT2D eigenvalue weighted by Gasteiger charge is 2.38. The third kappa shape index (κ3) is 26.8. The number of unbranched alkanes of at least 4 members (excludes halogenated alkanes) is 1. The summed E-state index contributed by atoms with van der Waals surface area (Å²) in [4.78, 5) is 0. The van der Waals surface area contributed by atoms with Crippen molar-refractivity contribution < 1.29 is 96.7 Å². The number of alkyl halides is 9. The van der Waals surface area contributed by atoms with Gasteiger partial charge in [-0.2, -0.15) is 39.5 Å². The van der Waals surface area contributed by atoms with E-state index in [1.54, 1.807) is 0 Å². The molecular formula is C29H48F9N8O9S3+. The first-order valence-corrected chi connectivity index (χ1v) is 20.2. The van der Waals surface area contributed by atoms with Crippen molar-refractivity contribution in [3.63, 3.8) is 0 Å². The van der Waals surface area contributed by atoms with E-state index >= 15 is 0 Å². The van der Waals surface area contributed by atoms with E-state index in [1.807, 2.05) is 69.2 Å². The van der Waals surface area contributed by atoms with Gasteiger partial charge in [0.15, 0.2) is 30.4 Å². The number of halogens is 9. The Morgan fingerprint density at radius 3 is 0.948 bits per heavy atom. The lowest BCUT2D eigenvalue weighted by atomic mass is 10.3. The summed E-state index contributed by atoms with van der Waals surface area (Å²) >= 11 is 0. The van der Waals surface area contributed by atoms with Crippen LogP contribution in [0, 0.1) is 6.92 Å². The van der Waals surface area contributed by atoms with Crippen molar-refractivity contribution >= 4 is 30.4 Å². The van der Waals surface area contributed by atoms with Crippen molar-refractivity contribution in [2.45, 2.75) is 76.7 Å². The van der Waals surface area contributed by atoms with Gasteiger partial charge in [-0.05, 0) is 20.3 Å². The Labute approximate surface area is 331 Å². The maximum Gasteiger partial charge on any atom is 0.485 e. The van der Waals surface area contributed by atoms with Crippen LogP contribution in [-0.2, 0) is 85.2 Å². The van der Waals surface area contributed by atoms with Crippen molar-refractivity contribution in [3.8, 4) is 0 Å². The number of hydrogen-bond acceptors (Lipinski definition) is 9. The first-order chi connectivity index (χ1) is 25.9. The summed E-state index contributed by atoms with van der Waals surface area (Å²) in [6.45, 7) is 11.8. The van der Waals surface area contributed by atoms with Crippen LogP contribution in [0.1, 0.15) is 39.4 Å². The van der Waals surface area contributed by atoms with Gasteiger partial charge in [0.05, 0.1) is 54.9 Å². The molecule has 0 radical (unpaired) electrons. The number of imidazole rings is 4. The Morgan fingerprint density at radius 1 is 0.552 bits per heavy atom. The van der Waals surface area contributed by atoms with Crippen LogP contribution in [0.5, 0.6) is 0 Å². The van der Waals surface area contributed by atoms with Gasteiger partial charge in [-0.3, -0.25) is 0 Å². The van der Waals surface area contributed by atoms with Crippen molar-refractivity contribution in [1.82, 2.24) is 18.3 Å². The average Bonchev–Trinajstić information content (AvgIpc) is 3.86. The standard InChI is InChI=1S/C8H15N2.3C6H11N2.3CHF3O3S/c1-3-4-5-10-7-6-9(2)8-10;1-6-7(2)4-5-8(6)3;2*1-3-8-5-4-7(2)6-8;3*2-1(3,4)8(5,6)7/h6-8H,3-5H2,1-2H3;4-5H,1-3H3;2*4-6H,3H2,1-2H3;3*(H,5,6,7)/q4*+1;;;/p-3. The Hall–Kier alpha value is -4.06. The monoisotopic (exact) mass is 919 g/mol. The third-order valence-electron chi connectivity index (χ3n) is 6.36. The summed E-state index contributed by atoms with van der Waals surface area (Å²) in [5.74, 6) is 1.27. The predicted molar refractivity (Wildman–Crippen MR) is 182 cm³/mol. The first kappa shape index (κ1) is 58.3. The molecule has 58 heavy (non-hydrogen) atoms. The maximum absolute atomic E-state index is 10.7. The molecule has 0 amide bonds.